The Morgan fingerprint density at radius 1 is 1.11 bits per heavy atom. The number of rotatable bonds is 6. The van der Waals surface area contributed by atoms with E-state index in [1.165, 1.54) is 51.6 Å². The molecule has 2 rings (SSSR count). The highest BCUT2D eigenvalue weighted by Gasteiger charge is 2.28. The number of halogens is 1. The highest BCUT2D eigenvalue weighted by atomic mass is 127. The van der Waals surface area contributed by atoms with Crippen molar-refractivity contribution in [1.82, 2.24) is 20.4 Å². The van der Waals surface area contributed by atoms with Gasteiger partial charge in [-0.1, -0.05) is 13.8 Å². The standard InChI is InChI=1S/C20H39N5O.HI/c1-5-12-21-20(22-15-19(26)24(3)4)23-17-6-8-18(9-7-17)25-13-10-16(2)11-14-25;/h16-18H,5-15H2,1-4H3,(H2,21,22,23);1H. The van der Waals surface area contributed by atoms with Crippen LogP contribution in [0.15, 0.2) is 4.99 Å². The summed E-state index contributed by atoms with van der Waals surface area (Å²) in [5.74, 6) is 1.72. The molecule has 1 saturated carbocycles. The number of nitrogens with one attached hydrogen (secondary N) is 2. The van der Waals surface area contributed by atoms with Gasteiger partial charge in [0.2, 0.25) is 5.91 Å². The lowest BCUT2D eigenvalue weighted by Crippen LogP contribution is -2.49. The number of carbonyl (C=O) groups is 1. The van der Waals surface area contributed by atoms with Gasteiger partial charge in [0.15, 0.2) is 5.96 Å². The number of guanidine groups is 1. The molecule has 0 aromatic carbocycles. The zero-order valence-corrected chi connectivity index (χ0v) is 20.0. The molecule has 0 atom stereocenters. The van der Waals surface area contributed by atoms with Crippen molar-refractivity contribution in [3.8, 4) is 0 Å². The average molecular weight is 493 g/mol. The first-order valence-electron chi connectivity index (χ1n) is 10.5. The second-order valence-corrected chi connectivity index (χ2v) is 8.25. The Morgan fingerprint density at radius 3 is 2.30 bits per heavy atom. The van der Waals surface area contributed by atoms with Crippen molar-refractivity contribution in [3.63, 3.8) is 0 Å². The van der Waals surface area contributed by atoms with Crippen LogP contribution in [0.3, 0.4) is 0 Å². The lowest BCUT2D eigenvalue weighted by molar-refractivity contribution is -0.127. The number of likely N-dealkylation sites (N-methyl/N-ethyl adjacent to an activating group) is 1. The molecular formula is C20H40IN5O. The zero-order chi connectivity index (χ0) is 18.9. The minimum Gasteiger partial charge on any atom is -0.356 e. The van der Waals surface area contributed by atoms with Crippen molar-refractivity contribution >= 4 is 35.8 Å². The van der Waals surface area contributed by atoms with Crippen molar-refractivity contribution in [2.24, 2.45) is 10.9 Å². The first-order valence-corrected chi connectivity index (χ1v) is 10.5. The normalized spacial score (nSPS) is 24.8. The van der Waals surface area contributed by atoms with Crippen LogP contribution in [0, 0.1) is 5.92 Å². The van der Waals surface area contributed by atoms with E-state index in [-0.39, 0.29) is 36.4 Å². The van der Waals surface area contributed by atoms with Crippen molar-refractivity contribution < 1.29 is 4.79 Å². The summed E-state index contributed by atoms with van der Waals surface area (Å²) in [7, 11) is 3.54. The zero-order valence-electron chi connectivity index (χ0n) is 17.7. The Kier molecular flexibility index (Phi) is 11.6. The van der Waals surface area contributed by atoms with Gasteiger partial charge in [0.1, 0.15) is 6.54 Å². The van der Waals surface area contributed by atoms with E-state index in [9.17, 15) is 4.79 Å². The number of amides is 1. The average Bonchev–Trinajstić information content (AvgIpc) is 2.64. The van der Waals surface area contributed by atoms with E-state index in [0.717, 1.165) is 30.9 Å². The van der Waals surface area contributed by atoms with E-state index < -0.39 is 0 Å². The van der Waals surface area contributed by atoms with Gasteiger partial charge in [0, 0.05) is 32.7 Å². The van der Waals surface area contributed by atoms with Crippen LogP contribution in [0.4, 0.5) is 0 Å². The van der Waals surface area contributed by atoms with E-state index in [0.29, 0.717) is 6.04 Å². The lowest BCUT2D eigenvalue weighted by atomic mass is 9.88. The van der Waals surface area contributed by atoms with Crippen LogP contribution < -0.4 is 10.6 Å². The van der Waals surface area contributed by atoms with Crippen LogP contribution in [0.2, 0.25) is 0 Å². The first kappa shape index (κ1) is 24.5. The Bertz CT molecular complexity index is 455. The van der Waals surface area contributed by atoms with Gasteiger partial charge in [-0.25, -0.2) is 4.99 Å². The highest BCUT2D eigenvalue weighted by molar-refractivity contribution is 14.0. The molecule has 7 heteroatoms. The fraction of sp³-hybridized carbons (Fsp3) is 0.900. The second kappa shape index (κ2) is 12.8. The quantitative estimate of drug-likeness (QED) is 0.340. The monoisotopic (exact) mass is 493 g/mol. The third-order valence-electron chi connectivity index (χ3n) is 5.79. The maximum Gasteiger partial charge on any atom is 0.243 e. The molecular weight excluding hydrogens is 453 g/mol. The largest absolute Gasteiger partial charge is 0.356 e. The van der Waals surface area contributed by atoms with Crippen molar-refractivity contribution in [1.29, 1.82) is 0 Å². The number of hydrogen-bond donors (Lipinski definition) is 2. The maximum absolute atomic E-state index is 11.8. The molecule has 2 aliphatic rings. The Morgan fingerprint density at radius 2 is 1.74 bits per heavy atom. The fourth-order valence-electron chi connectivity index (χ4n) is 3.86. The molecule has 2 N–H and O–H groups in total. The highest BCUT2D eigenvalue weighted by Crippen LogP contribution is 2.27. The summed E-state index contributed by atoms with van der Waals surface area (Å²) < 4.78 is 0. The van der Waals surface area contributed by atoms with Crippen LogP contribution in [0.1, 0.15) is 58.8 Å². The molecule has 1 heterocycles. The smallest absolute Gasteiger partial charge is 0.243 e. The molecule has 27 heavy (non-hydrogen) atoms. The summed E-state index contributed by atoms with van der Waals surface area (Å²) in [6, 6.07) is 1.23. The third-order valence-corrected chi connectivity index (χ3v) is 5.79. The van der Waals surface area contributed by atoms with Crippen molar-refractivity contribution in [3.05, 3.63) is 0 Å². The topological polar surface area (TPSA) is 60.0 Å². The minimum atomic E-state index is 0. The van der Waals surface area contributed by atoms with Crippen LogP contribution >= 0.6 is 24.0 Å². The fourth-order valence-corrected chi connectivity index (χ4v) is 3.86. The predicted octanol–water partition coefficient (Wildman–Crippen LogP) is 2.68. The molecule has 1 aliphatic heterocycles. The summed E-state index contributed by atoms with van der Waals surface area (Å²) in [5.41, 5.74) is 0. The molecule has 158 valence electrons. The summed E-state index contributed by atoms with van der Waals surface area (Å²) >= 11 is 0. The molecule has 2 fully saturated rings. The summed E-state index contributed by atoms with van der Waals surface area (Å²) in [6.45, 7) is 8.16. The molecule has 1 amide bonds. The van der Waals surface area contributed by atoms with Crippen molar-refractivity contribution in [2.75, 3.05) is 40.3 Å². The van der Waals surface area contributed by atoms with Crippen molar-refractivity contribution in [2.45, 2.75) is 70.9 Å². The summed E-state index contributed by atoms with van der Waals surface area (Å²) in [5, 5.41) is 6.91. The van der Waals surface area contributed by atoms with Crippen LogP contribution in [-0.2, 0) is 4.79 Å². The van der Waals surface area contributed by atoms with E-state index in [1.807, 2.05) is 0 Å². The first-order chi connectivity index (χ1) is 12.5. The number of hydrogen-bond acceptors (Lipinski definition) is 3. The van der Waals surface area contributed by atoms with E-state index in [2.05, 4.69) is 34.4 Å². The van der Waals surface area contributed by atoms with Gasteiger partial charge in [-0.05, 0) is 64.0 Å². The van der Waals surface area contributed by atoms with Gasteiger partial charge in [0.25, 0.3) is 0 Å². The third kappa shape index (κ3) is 8.54. The van der Waals surface area contributed by atoms with E-state index in [1.54, 1.807) is 19.0 Å². The Labute approximate surface area is 182 Å². The number of carbonyl (C=O) groups excluding carboxylic acids is 1. The van der Waals surface area contributed by atoms with Gasteiger partial charge >= 0.3 is 0 Å². The van der Waals surface area contributed by atoms with E-state index >= 15 is 0 Å². The lowest BCUT2D eigenvalue weighted by Gasteiger charge is -2.40. The van der Waals surface area contributed by atoms with Gasteiger partial charge < -0.3 is 20.4 Å². The summed E-state index contributed by atoms with van der Waals surface area (Å²) in [6.07, 6.45) is 8.66. The molecule has 0 bridgehead atoms. The Hall–Kier alpha value is -0.570. The number of piperidine rings is 1. The van der Waals surface area contributed by atoms with Gasteiger partial charge in [-0.3, -0.25) is 4.79 Å². The molecule has 6 nitrogen and oxygen atoms in total. The van der Waals surface area contributed by atoms with Crippen LogP contribution in [0.5, 0.6) is 0 Å². The summed E-state index contributed by atoms with van der Waals surface area (Å²) in [4.78, 5) is 20.6. The van der Waals surface area contributed by atoms with Crippen LogP contribution in [0.25, 0.3) is 0 Å². The Balaban J connectivity index is 0.00000364. The molecule has 0 unspecified atom stereocenters. The molecule has 0 radical (unpaired) electrons. The molecule has 0 spiro atoms. The molecule has 1 aliphatic carbocycles. The number of aliphatic imine (C=N–C) groups is 1. The number of nitrogens with zero attached hydrogens (tertiary/aromatic N) is 3. The molecule has 1 saturated heterocycles. The maximum atomic E-state index is 11.8. The minimum absolute atomic E-state index is 0. The van der Waals surface area contributed by atoms with E-state index in [4.69, 9.17) is 0 Å². The molecule has 0 aromatic heterocycles. The van der Waals surface area contributed by atoms with Gasteiger partial charge in [-0.15, -0.1) is 24.0 Å². The van der Waals surface area contributed by atoms with Gasteiger partial charge in [0.05, 0.1) is 0 Å². The van der Waals surface area contributed by atoms with Crippen LogP contribution in [-0.4, -0.2) is 74.0 Å². The van der Waals surface area contributed by atoms with Gasteiger partial charge in [-0.2, -0.15) is 0 Å². The predicted molar refractivity (Wildman–Crippen MR) is 124 cm³/mol. The SMILES string of the molecule is CCCNC(=NCC(=O)N(C)C)NC1CCC(N2CCC(C)CC2)CC1.I. The second-order valence-electron chi connectivity index (χ2n) is 8.25. The number of likely N-dealkylation sites (tertiary alicyclic amines) is 1. The molecule has 0 aromatic rings.